The van der Waals surface area contributed by atoms with Gasteiger partial charge in [0.15, 0.2) is 21.4 Å². The van der Waals surface area contributed by atoms with Gasteiger partial charge in [-0.2, -0.15) is 0 Å². The van der Waals surface area contributed by atoms with Gasteiger partial charge in [-0.1, -0.05) is 31.4 Å². The predicted octanol–water partition coefficient (Wildman–Crippen LogP) is 3.66. The number of hydrogen-bond donors (Lipinski definition) is 2. The third-order valence-electron chi connectivity index (χ3n) is 8.04. The van der Waals surface area contributed by atoms with Gasteiger partial charge in [-0.25, -0.2) is 8.42 Å². The zero-order valence-electron chi connectivity index (χ0n) is 23.5. The molecule has 2 N–H and O–H groups in total. The molecule has 1 aliphatic carbocycles. The Balaban J connectivity index is 1.20. The fourth-order valence-electron chi connectivity index (χ4n) is 5.63. The second kappa shape index (κ2) is 12.4. The molecule has 10 nitrogen and oxygen atoms in total. The normalized spacial score (nSPS) is 18.7. The standard InChI is InChI=1S/C31H35N3O7S/c1-40-24-11-7-22(8-12-24)21-42(38,39)25-13-9-23(10-14-25)34-18-15-26(27(35)20-34)32-30(37)31(16-3-2-4-17-31)33-29(36)28-6-5-19-41-28/h5-14,19,26H,2-4,15-18,20-21H2,1H3,(H,32,37)(H,33,36). The summed E-state index contributed by atoms with van der Waals surface area (Å²) < 4.78 is 36.3. The van der Waals surface area contributed by atoms with Crippen molar-refractivity contribution in [1.82, 2.24) is 10.6 Å². The Kier molecular flexibility index (Phi) is 8.67. The molecule has 2 heterocycles. The molecule has 0 radical (unpaired) electrons. The fourth-order valence-corrected chi connectivity index (χ4v) is 6.98. The zero-order chi connectivity index (χ0) is 29.7. The maximum absolute atomic E-state index is 13.5. The Morgan fingerprint density at radius 1 is 1.02 bits per heavy atom. The second-order valence-electron chi connectivity index (χ2n) is 10.9. The molecule has 1 saturated carbocycles. The number of piperidine rings is 1. The molecule has 0 spiro atoms. The van der Waals surface area contributed by atoms with Crippen molar-refractivity contribution in [2.75, 3.05) is 25.1 Å². The average Bonchev–Trinajstić information content (AvgIpc) is 3.54. The summed E-state index contributed by atoms with van der Waals surface area (Å²) in [4.78, 5) is 41.4. The van der Waals surface area contributed by atoms with Gasteiger partial charge in [0.05, 0.1) is 36.6 Å². The van der Waals surface area contributed by atoms with Crippen LogP contribution in [0, 0.1) is 0 Å². The number of nitrogens with one attached hydrogen (secondary N) is 2. The van der Waals surface area contributed by atoms with Crippen LogP contribution in [0.15, 0.2) is 76.2 Å². The maximum atomic E-state index is 13.5. The number of ketones is 1. The first-order chi connectivity index (χ1) is 20.2. The minimum atomic E-state index is -3.56. The van der Waals surface area contributed by atoms with Crippen molar-refractivity contribution in [3.63, 3.8) is 0 Å². The molecule has 1 aliphatic heterocycles. The molecule has 1 aromatic heterocycles. The van der Waals surface area contributed by atoms with Crippen molar-refractivity contribution < 1.29 is 32.0 Å². The van der Waals surface area contributed by atoms with Gasteiger partial charge in [0, 0.05) is 12.2 Å². The number of nitrogens with zero attached hydrogens (tertiary/aromatic N) is 1. The summed E-state index contributed by atoms with van der Waals surface area (Å²) in [5, 5.41) is 5.80. The summed E-state index contributed by atoms with van der Waals surface area (Å²) in [7, 11) is -2.01. The molecule has 11 heteroatoms. The lowest BCUT2D eigenvalue weighted by Gasteiger charge is -2.39. The molecule has 1 atom stereocenters. The lowest BCUT2D eigenvalue weighted by atomic mass is 9.80. The van der Waals surface area contributed by atoms with E-state index >= 15 is 0 Å². The number of amides is 2. The van der Waals surface area contributed by atoms with Crippen LogP contribution in [-0.2, 0) is 25.2 Å². The molecule has 2 amide bonds. The van der Waals surface area contributed by atoms with Gasteiger partial charge >= 0.3 is 0 Å². The molecule has 3 aromatic rings. The van der Waals surface area contributed by atoms with Crippen molar-refractivity contribution in [3.8, 4) is 5.75 Å². The van der Waals surface area contributed by atoms with Crippen LogP contribution in [0.3, 0.4) is 0 Å². The van der Waals surface area contributed by atoms with Gasteiger partial charge in [-0.3, -0.25) is 14.4 Å². The molecule has 222 valence electrons. The van der Waals surface area contributed by atoms with Crippen LogP contribution in [-0.4, -0.2) is 57.8 Å². The SMILES string of the molecule is COc1ccc(CS(=O)(=O)c2ccc(N3CCC(NC(=O)C4(NC(=O)c5ccco5)CCCCC4)C(=O)C3)cc2)cc1. The van der Waals surface area contributed by atoms with E-state index in [1.165, 1.54) is 6.26 Å². The molecule has 2 fully saturated rings. The number of carbonyl (C=O) groups is 3. The van der Waals surface area contributed by atoms with E-state index in [9.17, 15) is 22.8 Å². The maximum Gasteiger partial charge on any atom is 0.287 e. The van der Waals surface area contributed by atoms with Crippen molar-refractivity contribution in [1.29, 1.82) is 0 Å². The summed E-state index contributed by atoms with van der Waals surface area (Å²) in [6.45, 7) is 0.578. The highest BCUT2D eigenvalue weighted by Gasteiger charge is 2.43. The number of furan rings is 1. The van der Waals surface area contributed by atoms with Gasteiger partial charge in [-0.15, -0.1) is 0 Å². The largest absolute Gasteiger partial charge is 0.497 e. The van der Waals surface area contributed by atoms with Crippen LogP contribution in [0.4, 0.5) is 5.69 Å². The third kappa shape index (κ3) is 6.51. The smallest absolute Gasteiger partial charge is 0.287 e. The molecule has 1 unspecified atom stereocenters. The van der Waals surface area contributed by atoms with E-state index in [2.05, 4.69) is 10.6 Å². The van der Waals surface area contributed by atoms with Crippen LogP contribution in [0.1, 0.15) is 54.6 Å². The number of hydrogen-bond acceptors (Lipinski definition) is 8. The molecular weight excluding hydrogens is 558 g/mol. The molecule has 2 aromatic carbocycles. The number of carbonyl (C=O) groups excluding carboxylic acids is 3. The lowest BCUT2D eigenvalue weighted by Crippen LogP contribution is -2.63. The molecule has 42 heavy (non-hydrogen) atoms. The summed E-state index contributed by atoms with van der Waals surface area (Å²) in [5.41, 5.74) is 0.295. The zero-order valence-corrected chi connectivity index (χ0v) is 24.3. The van der Waals surface area contributed by atoms with E-state index in [4.69, 9.17) is 9.15 Å². The number of ether oxygens (including phenoxy) is 1. The molecule has 0 bridgehead atoms. The third-order valence-corrected chi connectivity index (χ3v) is 9.75. The van der Waals surface area contributed by atoms with Crippen molar-refractivity contribution in [3.05, 3.63) is 78.3 Å². The Hall–Kier alpha value is -4.12. The average molecular weight is 594 g/mol. The molecule has 1 saturated heterocycles. The van der Waals surface area contributed by atoms with Gasteiger partial charge in [0.2, 0.25) is 5.91 Å². The van der Waals surface area contributed by atoms with E-state index in [0.29, 0.717) is 37.1 Å². The first kappa shape index (κ1) is 29.4. The number of methoxy groups -OCH3 is 1. The first-order valence-electron chi connectivity index (χ1n) is 14.1. The number of sulfone groups is 1. The van der Waals surface area contributed by atoms with E-state index in [1.807, 2.05) is 4.90 Å². The number of anilines is 1. The van der Waals surface area contributed by atoms with E-state index in [-0.39, 0.29) is 34.6 Å². The van der Waals surface area contributed by atoms with E-state index in [1.54, 1.807) is 67.8 Å². The molecular formula is C31H35N3O7S. The summed E-state index contributed by atoms with van der Waals surface area (Å²) in [5.74, 6) is -0.286. The fraction of sp³-hybridized carbons (Fsp3) is 0.387. The highest BCUT2D eigenvalue weighted by Crippen LogP contribution is 2.30. The Labute approximate surface area is 245 Å². The second-order valence-corrected chi connectivity index (χ2v) is 12.9. The van der Waals surface area contributed by atoms with Crippen LogP contribution in [0.2, 0.25) is 0 Å². The van der Waals surface area contributed by atoms with Crippen molar-refractivity contribution in [2.45, 2.75) is 60.8 Å². The lowest BCUT2D eigenvalue weighted by molar-refractivity contribution is -0.133. The predicted molar refractivity (Wildman–Crippen MR) is 156 cm³/mol. The highest BCUT2D eigenvalue weighted by molar-refractivity contribution is 7.90. The Morgan fingerprint density at radius 3 is 2.36 bits per heavy atom. The number of rotatable bonds is 9. The summed E-state index contributed by atoms with van der Waals surface area (Å²) in [6.07, 6.45) is 5.35. The molecule has 5 rings (SSSR count). The monoisotopic (exact) mass is 593 g/mol. The number of Topliss-reactive ketones (excluding diaryl/α,β-unsaturated/α-hetero) is 1. The number of benzene rings is 2. The highest BCUT2D eigenvalue weighted by atomic mass is 32.2. The van der Waals surface area contributed by atoms with E-state index in [0.717, 1.165) is 24.9 Å². The topological polar surface area (TPSA) is 135 Å². The van der Waals surface area contributed by atoms with Gasteiger partial charge in [0.1, 0.15) is 11.3 Å². The Bertz CT molecular complexity index is 1510. The van der Waals surface area contributed by atoms with Crippen molar-refractivity contribution in [2.24, 2.45) is 0 Å². The van der Waals surface area contributed by atoms with Crippen LogP contribution < -0.4 is 20.3 Å². The van der Waals surface area contributed by atoms with Gasteiger partial charge < -0.3 is 24.7 Å². The van der Waals surface area contributed by atoms with Crippen molar-refractivity contribution >= 4 is 33.1 Å². The minimum Gasteiger partial charge on any atom is -0.497 e. The van der Waals surface area contributed by atoms with E-state index < -0.39 is 27.3 Å². The summed E-state index contributed by atoms with van der Waals surface area (Å²) >= 11 is 0. The van der Waals surface area contributed by atoms with Crippen LogP contribution in [0.5, 0.6) is 5.75 Å². The Morgan fingerprint density at radius 2 is 1.74 bits per heavy atom. The van der Waals surface area contributed by atoms with Crippen LogP contribution in [0.25, 0.3) is 0 Å². The summed E-state index contributed by atoms with van der Waals surface area (Å²) in [6, 6.07) is 15.9. The first-order valence-corrected chi connectivity index (χ1v) is 15.7. The van der Waals surface area contributed by atoms with Gasteiger partial charge in [-0.05, 0) is 73.4 Å². The minimum absolute atomic E-state index is 0.0780. The molecule has 2 aliphatic rings. The van der Waals surface area contributed by atoms with Gasteiger partial charge in [0.25, 0.3) is 5.91 Å². The van der Waals surface area contributed by atoms with Crippen LogP contribution >= 0.6 is 0 Å². The quantitative estimate of drug-likeness (QED) is 0.384.